The van der Waals surface area contributed by atoms with E-state index >= 15 is 0 Å². The van der Waals surface area contributed by atoms with E-state index in [1.54, 1.807) is 17.6 Å². The number of methoxy groups -OCH3 is 1. The fourth-order valence-corrected chi connectivity index (χ4v) is 5.84. The number of ether oxygens (including phenoxy) is 1. The van der Waals surface area contributed by atoms with E-state index in [2.05, 4.69) is 9.71 Å². The first-order valence-electron chi connectivity index (χ1n) is 9.68. The summed E-state index contributed by atoms with van der Waals surface area (Å²) in [5.41, 5.74) is 1.98. The average molecular weight is 441 g/mol. The number of nitrogens with one attached hydrogen (secondary N) is 1. The Kier molecular flexibility index (Phi) is 6.77. The maximum Gasteiger partial charge on any atom is 0.265 e. The Morgan fingerprint density at radius 2 is 1.97 bits per heavy atom. The Morgan fingerprint density at radius 3 is 2.62 bits per heavy atom. The van der Waals surface area contributed by atoms with Crippen molar-refractivity contribution in [3.63, 3.8) is 0 Å². The van der Waals surface area contributed by atoms with Crippen LogP contribution in [0.2, 0.25) is 0 Å². The second-order valence-electron chi connectivity index (χ2n) is 7.22. The van der Waals surface area contributed by atoms with E-state index in [1.807, 2.05) is 18.9 Å². The van der Waals surface area contributed by atoms with Gasteiger partial charge in [-0.15, -0.1) is 11.3 Å². The Hall–Kier alpha value is -1.75. The summed E-state index contributed by atoms with van der Waals surface area (Å²) in [6, 6.07) is 1.62. The lowest BCUT2D eigenvalue weighted by Crippen LogP contribution is -2.35. The number of amides is 1. The van der Waals surface area contributed by atoms with Gasteiger partial charge in [0.05, 0.1) is 18.0 Å². The van der Waals surface area contributed by atoms with Gasteiger partial charge in [-0.25, -0.2) is 18.1 Å². The minimum absolute atomic E-state index is 0.0194. The highest BCUT2D eigenvalue weighted by atomic mass is 32.2. The van der Waals surface area contributed by atoms with Crippen molar-refractivity contribution in [3.05, 3.63) is 22.3 Å². The van der Waals surface area contributed by atoms with Crippen molar-refractivity contribution in [3.8, 4) is 10.7 Å². The SMILES string of the molecule is COCCNS(=O)(=O)c1cc(-c2nc(C)c(C(=O)N3CCCCC3)s2)n(C)c1C. The smallest absolute Gasteiger partial charge is 0.265 e. The van der Waals surface area contributed by atoms with Crippen LogP contribution in [0.15, 0.2) is 11.0 Å². The third kappa shape index (κ3) is 4.55. The molecule has 2 aromatic rings. The molecule has 160 valence electrons. The number of likely N-dealkylation sites (tertiary alicyclic amines) is 1. The maximum atomic E-state index is 12.9. The summed E-state index contributed by atoms with van der Waals surface area (Å²) in [4.78, 5) is 20.2. The van der Waals surface area contributed by atoms with E-state index in [0.717, 1.165) is 32.4 Å². The van der Waals surface area contributed by atoms with E-state index in [0.29, 0.717) is 33.6 Å². The molecule has 1 aliphatic rings. The second-order valence-corrected chi connectivity index (χ2v) is 9.95. The molecule has 1 amide bonds. The van der Waals surface area contributed by atoms with Gasteiger partial charge < -0.3 is 14.2 Å². The molecule has 0 saturated carbocycles. The van der Waals surface area contributed by atoms with Crippen LogP contribution in [-0.2, 0) is 21.8 Å². The van der Waals surface area contributed by atoms with Gasteiger partial charge in [0.1, 0.15) is 14.8 Å². The highest BCUT2D eigenvalue weighted by Gasteiger charge is 2.26. The minimum atomic E-state index is -3.66. The van der Waals surface area contributed by atoms with Crippen molar-refractivity contribution in [2.75, 3.05) is 33.4 Å². The van der Waals surface area contributed by atoms with Gasteiger partial charge in [-0.05, 0) is 39.2 Å². The first-order chi connectivity index (χ1) is 13.8. The van der Waals surface area contributed by atoms with Gasteiger partial charge in [0, 0.05) is 39.5 Å². The molecule has 1 saturated heterocycles. The molecule has 10 heteroatoms. The lowest BCUT2D eigenvalue weighted by Gasteiger charge is -2.26. The van der Waals surface area contributed by atoms with Gasteiger partial charge in [-0.3, -0.25) is 4.79 Å². The molecular formula is C19H28N4O4S2. The highest BCUT2D eigenvalue weighted by molar-refractivity contribution is 7.89. The lowest BCUT2D eigenvalue weighted by atomic mass is 10.1. The van der Waals surface area contributed by atoms with Crippen molar-refractivity contribution < 1.29 is 17.9 Å². The van der Waals surface area contributed by atoms with Crippen LogP contribution < -0.4 is 4.72 Å². The monoisotopic (exact) mass is 440 g/mol. The molecule has 1 aliphatic heterocycles. The minimum Gasteiger partial charge on any atom is -0.383 e. The fourth-order valence-electron chi connectivity index (χ4n) is 3.45. The number of nitrogens with zero attached hydrogens (tertiary/aromatic N) is 3. The van der Waals surface area contributed by atoms with Crippen molar-refractivity contribution >= 4 is 27.3 Å². The summed E-state index contributed by atoms with van der Waals surface area (Å²) < 4.78 is 34.6. The van der Waals surface area contributed by atoms with Crippen LogP contribution in [0.5, 0.6) is 0 Å². The fraction of sp³-hybridized carbons (Fsp3) is 0.579. The number of aromatic nitrogens is 2. The standard InChI is InChI=1S/C19H28N4O4S2/c1-13-17(19(24)23-9-6-5-7-10-23)28-18(21-13)15-12-16(14(2)22(15)3)29(25,26)20-8-11-27-4/h12,20H,5-11H2,1-4H3. The quantitative estimate of drug-likeness (QED) is 0.667. The second kappa shape index (κ2) is 8.95. The van der Waals surface area contributed by atoms with E-state index in [9.17, 15) is 13.2 Å². The van der Waals surface area contributed by atoms with Crippen LogP contribution in [0.1, 0.15) is 40.3 Å². The van der Waals surface area contributed by atoms with Crippen molar-refractivity contribution in [2.45, 2.75) is 38.0 Å². The summed E-state index contributed by atoms with van der Waals surface area (Å²) in [5, 5.41) is 0.645. The number of sulfonamides is 1. The molecule has 0 unspecified atom stereocenters. The lowest BCUT2D eigenvalue weighted by molar-refractivity contribution is 0.0728. The summed E-state index contributed by atoms with van der Waals surface area (Å²) in [6.45, 7) is 5.65. The summed E-state index contributed by atoms with van der Waals surface area (Å²) >= 11 is 1.32. The first-order valence-corrected chi connectivity index (χ1v) is 12.0. The predicted octanol–water partition coefficient (Wildman–Crippen LogP) is 2.32. The number of hydrogen-bond donors (Lipinski definition) is 1. The Bertz CT molecular complexity index is 988. The van der Waals surface area contributed by atoms with Crippen LogP contribution >= 0.6 is 11.3 Å². The third-order valence-corrected chi connectivity index (χ3v) is 7.97. The Morgan fingerprint density at radius 1 is 1.28 bits per heavy atom. The molecule has 0 spiro atoms. The number of hydrogen-bond acceptors (Lipinski definition) is 6. The van der Waals surface area contributed by atoms with Crippen molar-refractivity contribution in [1.82, 2.24) is 19.2 Å². The molecule has 1 fully saturated rings. The van der Waals surface area contributed by atoms with Gasteiger partial charge in [0.2, 0.25) is 10.0 Å². The maximum absolute atomic E-state index is 12.9. The Labute approximate surface area is 175 Å². The number of rotatable bonds is 7. The summed E-state index contributed by atoms with van der Waals surface area (Å²) in [6.07, 6.45) is 3.23. The molecule has 0 bridgehead atoms. The Balaban J connectivity index is 1.91. The number of thiazole rings is 1. The van der Waals surface area contributed by atoms with Gasteiger partial charge >= 0.3 is 0 Å². The summed E-state index contributed by atoms with van der Waals surface area (Å²) in [7, 11) is -0.330. The molecule has 0 radical (unpaired) electrons. The van der Waals surface area contributed by atoms with Gasteiger partial charge in [0.15, 0.2) is 0 Å². The normalized spacial score (nSPS) is 15.1. The third-order valence-electron chi connectivity index (χ3n) is 5.23. The van der Waals surface area contributed by atoms with Crippen LogP contribution in [0, 0.1) is 13.8 Å². The molecule has 3 heterocycles. The van der Waals surface area contributed by atoms with Crippen LogP contribution in [0.3, 0.4) is 0 Å². The molecule has 1 N–H and O–H groups in total. The first kappa shape index (κ1) is 21.9. The number of carbonyl (C=O) groups excluding carboxylic acids is 1. The zero-order chi connectivity index (χ0) is 21.2. The highest BCUT2D eigenvalue weighted by Crippen LogP contribution is 2.33. The summed E-state index contributed by atoms with van der Waals surface area (Å²) in [5.74, 6) is 0.0194. The molecule has 8 nitrogen and oxygen atoms in total. The van der Waals surface area contributed by atoms with Crippen molar-refractivity contribution in [1.29, 1.82) is 0 Å². The molecular weight excluding hydrogens is 412 g/mol. The van der Waals surface area contributed by atoms with Crippen LogP contribution in [0.25, 0.3) is 10.7 Å². The predicted molar refractivity (Wildman–Crippen MR) is 113 cm³/mol. The zero-order valence-electron chi connectivity index (χ0n) is 17.3. The average Bonchev–Trinajstić information content (AvgIpc) is 3.22. The van der Waals surface area contributed by atoms with Gasteiger partial charge in [-0.1, -0.05) is 0 Å². The van der Waals surface area contributed by atoms with Gasteiger partial charge in [0.25, 0.3) is 5.91 Å². The number of aryl methyl sites for hydroxylation is 1. The largest absolute Gasteiger partial charge is 0.383 e. The molecule has 0 aliphatic carbocycles. The molecule has 2 aromatic heterocycles. The van der Waals surface area contributed by atoms with Crippen LogP contribution in [-0.4, -0.2) is 62.1 Å². The van der Waals surface area contributed by atoms with E-state index in [4.69, 9.17) is 4.74 Å². The zero-order valence-corrected chi connectivity index (χ0v) is 19.0. The topological polar surface area (TPSA) is 93.5 Å². The van der Waals surface area contributed by atoms with E-state index in [-0.39, 0.29) is 17.3 Å². The molecule has 3 rings (SSSR count). The number of piperidine rings is 1. The van der Waals surface area contributed by atoms with Gasteiger partial charge in [-0.2, -0.15) is 0 Å². The number of carbonyl (C=O) groups is 1. The van der Waals surface area contributed by atoms with Crippen molar-refractivity contribution in [2.24, 2.45) is 7.05 Å². The van der Waals surface area contributed by atoms with Crippen LogP contribution in [0.4, 0.5) is 0 Å². The molecule has 0 aromatic carbocycles. The van der Waals surface area contributed by atoms with E-state index < -0.39 is 10.0 Å². The molecule has 29 heavy (non-hydrogen) atoms. The molecule has 0 atom stereocenters. The van der Waals surface area contributed by atoms with E-state index in [1.165, 1.54) is 18.4 Å².